The Balaban J connectivity index is 2.18. The lowest BCUT2D eigenvalue weighted by Gasteiger charge is -2.29. The number of ether oxygens (including phenoxy) is 1. The van der Waals surface area contributed by atoms with Gasteiger partial charge in [0.15, 0.2) is 0 Å². The van der Waals surface area contributed by atoms with Crippen molar-refractivity contribution in [3.8, 4) is 5.75 Å². The van der Waals surface area contributed by atoms with Crippen LogP contribution in [0.25, 0.3) is 0 Å². The van der Waals surface area contributed by atoms with E-state index in [9.17, 15) is 18.0 Å². The quantitative estimate of drug-likeness (QED) is 0.539. The number of anilines is 1. The molecule has 0 saturated heterocycles. The zero-order valence-corrected chi connectivity index (χ0v) is 20.7. The molecular weight excluding hydrogens is 442 g/mol. The summed E-state index contributed by atoms with van der Waals surface area (Å²) in [5.41, 5.74) is 2.41. The second kappa shape index (κ2) is 11.7. The number of carbonyl (C=O) groups excluding carboxylic acids is 2. The van der Waals surface area contributed by atoms with Gasteiger partial charge >= 0.3 is 0 Å². The van der Waals surface area contributed by atoms with Gasteiger partial charge in [-0.3, -0.25) is 13.9 Å². The first-order valence-electron chi connectivity index (χ1n) is 10.8. The van der Waals surface area contributed by atoms with E-state index in [1.807, 2.05) is 31.2 Å². The van der Waals surface area contributed by atoms with Gasteiger partial charge in [0.05, 0.1) is 19.1 Å². The van der Waals surface area contributed by atoms with E-state index in [-0.39, 0.29) is 37.7 Å². The molecule has 33 heavy (non-hydrogen) atoms. The Hall–Kier alpha value is -3.07. The molecule has 0 fully saturated rings. The molecule has 0 spiro atoms. The van der Waals surface area contributed by atoms with Crippen LogP contribution in [0, 0.1) is 6.92 Å². The molecule has 0 aliphatic heterocycles. The monoisotopic (exact) mass is 475 g/mol. The van der Waals surface area contributed by atoms with Gasteiger partial charge in [0.25, 0.3) is 0 Å². The van der Waals surface area contributed by atoms with E-state index in [2.05, 4.69) is 5.32 Å². The predicted molar refractivity (Wildman–Crippen MR) is 130 cm³/mol. The maximum Gasteiger partial charge on any atom is 0.242 e. The molecule has 2 aromatic rings. The van der Waals surface area contributed by atoms with E-state index < -0.39 is 16.1 Å². The Morgan fingerprint density at radius 3 is 2.42 bits per heavy atom. The summed E-state index contributed by atoms with van der Waals surface area (Å²) in [5, 5.41) is 2.59. The first-order chi connectivity index (χ1) is 15.6. The van der Waals surface area contributed by atoms with Gasteiger partial charge in [-0.15, -0.1) is 0 Å². The summed E-state index contributed by atoms with van der Waals surface area (Å²) in [6.45, 7) is 4.05. The predicted octanol–water partition coefficient (Wildman–Crippen LogP) is 2.71. The molecule has 0 bridgehead atoms. The van der Waals surface area contributed by atoms with Gasteiger partial charge in [0.1, 0.15) is 11.8 Å². The zero-order chi connectivity index (χ0) is 24.6. The summed E-state index contributed by atoms with van der Waals surface area (Å²) in [5.74, 6) is -0.0487. The summed E-state index contributed by atoms with van der Waals surface area (Å²) in [6.07, 6.45) is 1.50. The minimum Gasteiger partial charge on any atom is -0.495 e. The number of sulfonamides is 1. The molecule has 1 N–H and O–H groups in total. The van der Waals surface area contributed by atoms with Crippen LogP contribution >= 0.6 is 0 Å². The minimum absolute atomic E-state index is 0.0916. The number of carbonyl (C=O) groups is 2. The van der Waals surface area contributed by atoms with Crippen LogP contribution in [0.1, 0.15) is 30.9 Å². The summed E-state index contributed by atoms with van der Waals surface area (Å²) in [4.78, 5) is 26.9. The highest BCUT2D eigenvalue weighted by Crippen LogP contribution is 2.29. The third-order valence-corrected chi connectivity index (χ3v) is 6.54. The summed E-state index contributed by atoms with van der Waals surface area (Å²) in [7, 11) is -0.580. The number of benzene rings is 2. The lowest BCUT2D eigenvalue weighted by atomic mass is 10.1. The van der Waals surface area contributed by atoms with Crippen molar-refractivity contribution in [1.29, 1.82) is 0 Å². The number of amides is 2. The maximum atomic E-state index is 13.1. The van der Waals surface area contributed by atoms with Gasteiger partial charge in [-0.1, -0.05) is 42.0 Å². The van der Waals surface area contributed by atoms with Crippen LogP contribution in [-0.4, -0.2) is 58.1 Å². The molecule has 8 nitrogen and oxygen atoms in total. The van der Waals surface area contributed by atoms with Gasteiger partial charge in [-0.05, 0) is 38.0 Å². The number of rotatable bonds is 11. The van der Waals surface area contributed by atoms with Gasteiger partial charge in [-0.25, -0.2) is 8.42 Å². The summed E-state index contributed by atoms with van der Waals surface area (Å²) in [6, 6.07) is 14.0. The molecule has 0 unspecified atom stereocenters. The lowest BCUT2D eigenvalue weighted by Crippen LogP contribution is -2.46. The number of nitrogens with zero attached hydrogens (tertiary/aromatic N) is 2. The van der Waals surface area contributed by atoms with Crippen molar-refractivity contribution >= 4 is 27.5 Å². The molecule has 0 heterocycles. The molecular formula is C24H33N3O5S. The highest BCUT2D eigenvalue weighted by atomic mass is 32.2. The highest BCUT2D eigenvalue weighted by Gasteiger charge is 2.26. The van der Waals surface area contributed by atoms with Crippen molar-refractivity contribution in [3.05, 3.63) is 59.7 Å². The minimum atomic E-state index is -3.59. The fourth-order valence-electron chi connectivity index (χ4n) is 3.62. The average Bonchev–Trinajstić information content (AvgIpc) is 2.78. The number of aryl methyl sites for hydroxylation is 1. The smallest absolute Gasteiger partial charge is 0.242 e. The van der Waals surface area contributed by atoms with Crippen molar-refractivity contribution in [1.82, 2.24) is 10.2 Å². The zero-order valence-electron chi connectivity index (χ0n) is 19.9. The van der Waals surface area contributed by atoms with Crippen LogP contribution in [0.3, 0.4) is 0 Å². The molecule has 1 atom stereocenters. The number of nitrogens with one attached hydrogen (secondary N) is 1. The molecule has 9 heteroatoms. The van der Waals surface area contributed by atoms with E-state index in [1.165, 1.54) is 23.4 Å². The van der Waals surface area contributed by atoms with Crippen molar-refractivity contribution in [3.63, 3.8) is 0 Å². The first kappa shape index (κ1) is 26.2. The van der Waals surface area contributed by atoms with Crippen molar-refractivity contribution in [2.45, 2.75) is 39.3 Å². The van der Waals surface area contributed by atoms with Crippen LogP contribution in [0.2, 0.25) is 0 Å². The molecule has 0 radical (unpaired) electrons. The number of likely N-dealkylation sites (N-methyl/N-ethyl adjacent to an activating group) is 1. The molecule has 0 aromatic heterocycles. The first-order valence-corrected chi connectivity index (χ1v) is 12.6. The molecule has 0 saturated carbocycles. The Morgan fingerprint density at radius 1 is 1.12 bits per heavy atom. The van der Waals surface area contributed by atoms with Crippen LogP contribution in [-0.2, 0) is 26.2 Å². The van der Waals surface area contributed by atoms with Gasteiger partial charge in [0, 0.05) is 26.6 Å². The van der Waals surface area contributed by atoms with E-state index in [0.29, 0.717) is 11.4 Å². The largest absolute Gasteiger partial charge is 0.495 e. The third-order valence-electron chi connectivity index (χ3n) is 5.36. The van der Waals surface area contributed by atoms with Crippen molar-refractivity contribution < 1.29 is 22.7 Å². The van der Waals surface area contributed by atoms with E-state index in [1.54, 1.807) is 31.2 Å². The number of para-hydroxylation sites is 2. The molecule has 180 valence electrons. The van der Waals surface area contributed by atoms with Gasteiger partial charge in [0.2, 0.25) is 21.8 Å². The second-order valence-corrected chi connectivity index (χ2v) is 9.82. The average molecular weight is 476 g/mol. The topological polar surface area (TPSA) is 96.0 Å². The third kappa shape index (κ3) is 7.21. The summed E-state index contributed by atoms with van der Waals surface area (Å²) < 4.78 is 31.4. The number of hydrogen-bond acceptors (Lipinski definition) is 5. The standard InChI is InChI=1S/C24H33N3O5S/c1-18-10-8-11-20(16-18)17-26(19(2)24(29)25-3)23(28)14-9-15-27(33(5,30)31)21-12-6-7-13-22(21)32-4/h6-8,10-13,16,19H,9,14-15,17H2,1-5H3,(H,25,29)/t19-/m1/s1. The van der Waals surface area contributed by atoms with Crippen LogP contribution in [0.4, 0.5) is 5.69 Å². The Morgan fingerprint density at radius 2 is 1.82 bits per heavy atom. The van der Waals surface area contributed by atoms with Gasteiger partial charge < -0.3 is 15.0 Å². The summed E-state index contributed by atoms with van der Waals surface area (Å²) >= 11 is 0. The lowest BCUT2D eigenvalue weighted by molar-refractivity contribution is -0.140. The number of methoxy groups -OCH3 is 1. The molecule has 0 aliphatic carbocycles. The second-order valence-electron chi connectivity index (χ2n) is 7.91. The van der Waals surface area contributed by atoms with Gasteiger partial charge in [-0.2, -0.15) is 0 Å². The Labute approximate surface area is 196 Å². The van der Waals surface area contributed by atoms with Crippen LogP contribution in [0.15, 0.2) is 48.5 Å². The van der Waals surface area contributed by atoms with E-state index >= 15 is 0 Å². The maximum absolute atomic E-state index is 13.1. The van der Waals surface area contributed by atoms with Crippen molar-refractivity contribution in [2.24, 2.45) is 0 Å². The Bertz CT molecular complexity index is 1070. The number of hydrogen-bond donors (Lipinski definition) is 1. The molecule has 2 rings (SSSR count). The molecule has 2 amide bonds. The normalized spacial score (nSPS) is 12.0. The highest BCUT2D eigenvalue weighted by molar-refractivity contribution is 7.92. The fourth-order valence-corrected chi connectivity index (χ4v) is 4.59. The molecule has 0 aliphatic rings. The SMILES string of the molecule is CNC(=O)[C@@H](C)N(Cc1cccc(C)c1)C(=O)CCCN(c1ccccc1OC)S(C)(=O)=O. The Kier molecular flexibility index (Phi) is 9.28. The van der Waals surface area contributed by atoms with E-state index in [0.717, 1.165) is 17.4 Å². The van der Waals surface area contributed by atoms with Crippen LogP contribution < -0.4 is 14.4 Å². The van der Waals surface area contributed by atoms with Crippen LogP contribution in [0.5, 0.6) is 5.75 Å². The van der Waals surface area contributed by atoms with Crippen molar-refractivity contribution in [2.75, 3.05) is 31.3 Å². The van der Waals surface area contributed by atoms with E-state index in [4.69, 9.17) is 4.74 Å². The molecule has 2 aromatic carbocycles. The fraction of sp³-hybridized carbons (Fsp3) is 0.417.